The van der Waals surface area contributed by atoms with Crippen LogP contribution in [0.1, 0.15) is 30.6 Å². The van der Waals surface area contributed by atoms with Crippen molar-refractivity contribution in [2.45, 2.75) is 26.3 Å². The number of anilines is 1. The van der Waals surface area contributed by atoms with Gasteiger partial charge in [0.15, 0.2) is 0 Å². The summed E-state index contributed by atoms with van der Waals surface area (Å²) in [7, 11) is 1.61. The summed E-state index contributed by atoms with van der Waals surface area (Å²) < 4.78 is 0. The number of benzene rings is 1. The highest BCUT2D eigenvalue weighted by molar-refractivity contribution is 6.33. The summed E-state index contributed by atoms with van der Waals surface area (Å²) in [5.74, 6) is -0.108. The van der Waals surface area contributed by atoms with Gasteiger partial charge in [-0.05, 0) is 31.5 Å². The number of hydrogen-bond donors (Lipinski definition) is 2. The molecular formula is C12H17ClN2O. The second-order valence-corrected chi connectivity index (χ2v) is 4.13. The molecule has 1 rings (SSSR count). The molecular weight excluding hydrogens is 224 g/mol. The lowest BCUT2D eigenvalue weighted by molar-refractivity contribution is 0.0963. The van der Waals surface area contributed by atoms with Gasteiger partial charge in [-0.1, -0.05) is 18.5 Å². The largest absolute Gasteiger partial charge is 0.381 e. The highest BCUT2D eigenvalue weighted by Crippen LogP contribution is 2.24. The van der Waals surface area contributed by atoms with E-state index < -0.39 is 0 Å². The number of halogens is 1. The molecule has 0 aliphatic heterocycles. The minimum Gasteiger partial charge on any atom is -0.381 e. The van der Waals surface area contributed by atoms with E-state index in [0.29, 0.717) is 16.6 Å². The van der Waals surface area contributed by atoms with E-state index in [1.54, 1.807) is 25.2 Å². The van der Waals surface area contributed by atoms with Crippen LogP contribution in [0.2, 0.25) is 5.02 Å². The van der Waals surface area contributed by atoms with Crippen LogP contribution in [0.5, 0.6) is 0 Å². The Kier molecular flexibility index (Phi) is 4.62. The lowest BCUT2D eigenvalue weighted by atomic mass is 10.1. The first kappa shape index (κ1) is 12.8. The number of rotatable bonds is 4. The maximum absolute atomic E-state index is 11.5. The normalized spacial score (nSPS) is 12.0. The van der Waals surface area contributed by atoms with Gasteiger partial charge in [-0.2, -0.15) is 0 Å². The Morgan fingerprint density at radius 3 is 2.75 bits per heavy atom. The monoisotopic (exact) mass is 240 g/mol. The van der Waals surface area contributed by atoms with Gasteiger partial charge in [0.25, 0.3) is 5.91 Å². The summed E-state index contributed by atoms with van der Waals surface area (Å²) in [6.07, 6.45) is 1.00. The van der Waals surface area contributed by atoms with Crippen LogP contribution < -0.4 is 10.6 Å². The first-order valence-corrected chi connectivity index (χ1v) is 5.74. The summed E-state index contributed by atoms with van der Waals surface area (Å²) in [6, 6.07) is 5.55. The van der Waals surface area contributed by atoms with E-state index in [9.17, 15) is 4.79 Å². The molecule has 4 heteroatoms. The van der Waals surface area contributed by atoms with Crippen molar-refractivity contribution in [3.05, 3.63) is 28.8 Å². The van der Waals surface area contributed by atoms with Crippen LogP contribution in [0.25, 0.3) is 0 Å². The minimum atomic E-state index is -0.108. The molecule has 2 N–H and O–H groups in total. The van der Waals surface area contributed by atoms with Crippen molar-refractivity contribution in [1.82, 2.24) is 5.32 Å². The molecule has 1 amide bonds. The number of nitrogens with one attached hydrogen (secondary N) is 2. The maximum Gasteiger partial charge on any atom is 0.251 e. The fraction of sp³-hybridized carbons (Fsp3) is 0.417. The van der Waals surface area contributed by atoms with E-state index in [-0.39, 0.29) is 5.91 Å². The van der Waals surface area contributed by atoms with E-state index in [1.807, 2.05) is 0 Å². The summed E-state index contributed by atoms with van der Waals surface area (Å²) in [4.78, 5) is 11.5. The third-order valence-corrected chi connectivity index (χ3v) is 2.80. The maximum atomic E-state index is 11.5. The highest BCUT2D eigenvalue weighted by atomic mass is 35.5. The van der Waals surface area contributed by atoms with Gasteiger partial charge in [0.05, 0.1) is 10.7 Å². The topological polar surface area (TPSA) is 41.1 Å². The van der Waals surface area contributed by atoms with Gasteiger partial charge in [0, 0.05) is 18.7 Å². The average molecular weight is 241 g/mol. The molecule has 88 valence electrons. The van der Waals surface area contributed by atoms with Crippen LogP contribution in [-0.4, -0.2) is 19.0 Å². The Labute approximate surface area is 101 Å². The molecule has 0 bridgehead atoms. The van der Waals surface area contributed by atoms with Gasteiger partial charge in [0.2, 0.25) is 0 Å². The van der Waals surface area contributed by atoms with Crippen LogP contribution in [0.3, 0.4) is 0 Å². The molecule has 0 aliphatic rings. The molecule has 1 aromatic carbocycles. The second-order valence-electron chi connectivity index (χ2n) is 3.73. The first-order valence-electron chi connectivity index (χ1n) is 5.36. The molecule has 1 atom stereocenters. The third kappa shape index (κ3) is 3.14. The molecule has 0 spiro atoms. The molecule has 0 heterocycles. The van der Waals surface area contributed by atoms with E-state index in [0.717, 1.165) is 12.1 Å². The Hall–Kier alpha value is -1.22. The van der Waals surface area contributed by atoms with E-state index >= 15 is 0 Å². The van der Waals surface area contributed by atoms with Crippen LogP contribution in [-0.2, 0) is 0 Å². The molecule has 1 unspecified atom stereocenters. The quantitative estimate of drug-likeness (QED) is 0.850. The Balaban J connectivity index is 2.94. The van der Waals surface area contributed by atoms with E-state index in [2.05, 4.69) is 24.5 Å². The summed E-state index contributed by atoms with van der Waals surface area (Å²) in [6.45, 7) is 4.16. The fourth-order valence-corrected chi connectivity index (χ4v) is 1.46. The van der Waals surface area contributed by atoms with Crippen molar-refractivity contribution in [2.75, 3.05) is 12.4 Å². The van der Waals surface area contributed by atoms with Crippen LogP contribution in [0, 0.1) is 0 Å². The lowest BCUT2D eigenvalue weighted by Gasteiger charge is -2.15. The average Bonchev–Trinajstić information content (AvgIpc) is 2.30. The Bertz CT molecular complexity index is 379. The predicted octanol–water partition coefficient (Wildman–Crippen LogP) is 2.91. The number of carbonyl (C=O) groups excluding carboxylic acids is 1. The molecule has 0 saturated heterocycles. The number of amides is 1. The van der Waals surface area contributed by atoms with E-state index in [4.69, 9.17) is 11.6 Å². The summed E-state index contributed by atoms with van der Waals surface area (Å²) >= 11 is 6.05. The smallest absolute Gasteiger partial charge is 0.251 e. The zero-order valence-electron chi connectivity index (χ0n) is 9.80. The van der Waals surface area contributed by atoms with Gasteiger partial charge in [0.1, 0.15) is 0 Å². The minimum absolute atomic E-state index is 0.108. The zero-order chi connectivity index (χ0) is 12.1. The Morgan fingerprint density at radius 1 is 1.50 bits per heavy atom. The van der Waals surface area contributed by atoms with Crippen molar-refractivity contribution >= 4 is 23.2 Å². The van der Waals surface area contributed by atoms with Gasteiger partial charge in [-0.3, -0.25) is 4.79 Å². The van der Waals surface area contributed by atoms with E-state index in [1.165, 1.54) is 0 Å². The van der Waals surface area contributed by atoms with Crippen LogP contribution in [0.15, 0.2) is 18.2 Å². The van der Waals surface area contributed by atoms with Crippen LogP contribution >= 0.6 is 11.6 Å². The number of hydrogen-bond acceptors (Lipinski definition) is 2. The molecule has 0 radical (unpaired) electrons. The second kappa shape index (κ2) is 5.75. The lowest BCUT2D eigenvalue weighted by Crippen LogP contribution is -2.19. The predicted molar refractivity (Wildman–Crippen MR) is 68.2 cm³/mol. The Morgan fingerprint density at radius 2 is 2.19 bits per heavy atom. The van der Waals surface area contributed by atoms with Crippen molar-refractivity contribution in [2.24, 2.45) is 0 Å². The van der Waals surface area contributed by atoms with Crippen LogP contribution in [0.4, 0.5) is 5.69 Å². The van der Waals surface area contributed by atoms with Gasteiger partial charge in [-0.25, -0.2) is 0 Å². The first-order chi connectivity index (χ1) is 7.58. The van der Waals surface area contributed by atoms with Crippen molar-refractivity contribution < 1.29 is 4.79 Å². The van der Waals surface area contributed by atoms with Gasteiger partial charge >= 0.3 is 0 Å². The highest BCUT2D eigenvalue weighted by Gasteiger charge is 2.08. The SMILES string of the molecule is CCC(C)Nc1cc(C(=O)NC)ccc1Cl. The summed E-state index contributed by atoms with van der Waals surface area (Å²) in [5, 5.41) is 6.49. The van der Waals surface area contributed by atoms with Gasteiger partial charge in [-0.15, -0.1) is 0 Å². The molecule has 0 saturated carbocycles. The molecule has 3 nitrogen and oxygen atoms in total. The molecule has 0 fully saturated rings. The molecule has 0 aliphatic carbocycles. The summed E-state index contributed by atoms with van der Waals surface area (Å²) in [5.41, 5.74) is 1.41. The standard InChI is InChI=1S/C12H17ClN2O/c1-4-8(2)15-11-7-9(12(16)14-3)5-6-10(11)13/h5-8,15H,4H2,1-3H3,(H,14,16). The zero-order valence-corrected chi connectivity index (χ0v) is 10.6. The van der Waals surface area contributed by atoms with Crippen molar-refractivity contribution in [3.63, 3.8) is 0 Å². The van der Waals surface area contributed by atoms with Crippen molar-refractivity contribution in [3.8, 4) is 0 Å². The fourth-order valence-electron chi connectivity index (χ4n) is 1.29. The third-order valence-electron chi connectivity index (χ3n) is 2.47. The molecule has 0 aromatic heterocycles. The molecule has 16 heavy (non-hydrogen) atoms. The van der Waals surface area contributed by atoms with Gasteiger partial charge < -0.3 is 10.6 Å². The molecule has 1 aromatic rings. The number of carbonyl (C=O) groups is 1. The van der Waals surface area contributed by atoms with Crippen molar-refractivity contribution in [1.29, 1.82) is 0 Å².